The number of carboxylic acids is 1. The van der Waals surface area contributed by atoms with Crippen LogP contribution in [0.15, 0.2) is 36.4 Å². The van der Waals surface area contributed by atoms with Gasteiger partial charge in [0.25, 0.3) is 5.91 Å². The molecule has 32 heavy (non-hydrogen) atoms. The highest BCUT2D eigenvalue weighted by atomic mass is 19.2. The van der Waals surface area contributed by atoms with Gasteiger partial charge in [0, 0.05) is 12.0 Å². The van der Waals surface area contributed by atoms with Gasteiger partial charge in [0.2, 0.25) is 5.91 Å². The summed E-state index contributed by atoms with van der Waals surface area (Å²) in [6, 6.07) is 7.01. The van der Waals surface area contributed by atoms with E-state index in [2.05, 4.69) is 10.6 Å². The zero-order valence-electron chi connectivity index (χ0n) is 18.5. The highest BCUT2D eigenvalue weighted by Gasteiger charge is 2.28. The van der Waals surface area contributed by atoms with Crippen LogP contribution in [0.5, 0.6) is 0 Å². The Morgan fingerprint density at radius 2 is 1.59 bits per heavy atom. The van der Waals surface area contributed by atoms with Crippen molar-refractivity contribution < 1.29 is 28.3 Å². The number of amides is 2. The summed E-state index contributed by atoms with van der Waals surface area (Å²) in [6.07, 6.45) is 0.309. The molecule has 2 aromatic carbocycles. The van der Waals surface area contributed by atoms with E-state index in [1.165, 1.54) is 13.0 Å². The SMILES string of the molecule is Cc1ccc(CC(NC(=O)c2cc(C)c(F)c(F)c2)C(=O)NC(CC(C)C)C(=O)O)cc1. The number of hydrogen-bond donors (Lipinski definition) is 3. The third-order valence-electron chi connectivity index (χ3n) is 4.98. The summed E-state index contributed by atoms with van der Waals surface area (Å²) < 4.78 is 27.3. The lowest BCUT2D eigenvalue weighted by molar-refractivity contribution is -0.142. The van der Waals surface area contributed by atoms with Crippen molar-refractivity contribution in [2.75, 3.05) is 0 Å². The summed E-state index contributed by atoms with van der Waals surface area (Å²) in [6.45, 7) is 6.90. The summed E-state index contributed by atoms with van der Waals surface area (Å²) in [5, 5.41) is 14.5. The minimum Gasteiger partial charge on any atom is -0.480 e. The van der Waals surface area contributed by atoms with Crippen LogP contribution in [0.4, 0.5) is 8.78 Å². The van der Waals surface area contributed by atoms with Gasteiger partial charge in [-0.2, -0.15) is 0 Å². The van der Waals surface area contributed by atoms with Crippen LogP contribution < -0.4 is 10.6 Å². The van der Waals surface area contributed by atoms with Gasteiger partial charge in [-0.05, 0) is 49.4 Å². The zero-order chi connectivity index (χ0) is 24.0. The van der Waals surface area contributed by atoms with E-state index in [1.807, 2.05) is 32.9 Å². The van der Waals surface area contributed by atoms with E-state index in [4.69, 9.17) is 0 Å². The van der Waals surface area contributed by atoms with Crippen molar-refractivity contribution in [1.29, 1.82) is 0 Å². The molecule has 2 atom stereocenters. The Morgan fingerprint density at radius 3 is 2.12 bits per heavy atom. The molecule has 8 heteroatoms. The fourth-order valence-corrected chi connectivity index (χ4v) is 3.23. The van der Waals surface area contributed by atoms with Crippen molar-refractivity contribution in [2.45, 2.75) is 52.6 Å². The number of nitrogens with one attached hydrogen (secondary N) is 2. The van der Waals surface area contributed by atoms with E-state index >= 15 is 0 Å². The molecule has 0 aromatic heterocycles. The summed E-state index contributed by atoms with van der Waals surface area (Å²) in [5.74, 6) is -4.82. The molecule has 2 unspecified atom stereocenters. The van der Waals surface area contributed by atoms with Crippen LogP contribution >= 0.6 is 0 Å². The molecule has 0 fully saturated rings. The lowest BCUT2D eigenvalue weighted by Gasteiger charge is -2.23. The van der Waals surface area contributed by atoms with Crippen LogP contribution in [0.25, 0.3) is 0 Å². The molecule has 2 aromatic rings. The maximum Gasteiger partial charge on any atom is 0.326 e. The molecule has 0 heterocycles. The minimum atomic E-state index is -1.18. The van der Waals surface area contributed by atoms with Gasteiger partial charge in [-0.3, -0.25) is 9.59 Å². The van der Waals surface area contributed by atoms with Crippen molar-refractivity contribution in [3.8, 4) is 0 Å². The van der Waals surface area contributed by atoms with Gasteiger partial charge >= 0.3 is 5.97 Å². The normalized spacial score (nSPS) is 12.8. The monoisotopic (exact) mass is 446 g/mol. The van der Waals surface area contributed by atoms with Crippen molar-refractivity contribution in [2.24, 2.45) is 5.92 Å². The van der Waals surface area contributed by atoms with Gasteiger partial charge in [-0.25, -0.2) is 13.6 Å². The molecule has 0 aliphatic heterocycles. The first kappa shape index (κ1) is 25.0. The molecular weight excluding hydrogens is 418 g/mol. The standard InChI is InChI=1S/C24H28F2N2O4/c1-13(2)9-20(24(31)32)28-23(30)19(11-16-7-5-14(3)6-8-16)27-22(29)17-10-15(4)21(26)18(25)12-17/h5-8,10,12-13,19-20H,9,11H2,1-4H3,(H,27,29)(H,28,30)(H,31,32). The third kappa shape index (κ3) is 6.87. The Labute approximate surface area is 186 Å². The van der Waals surface area contributed by atoms with Gasteiger partial charge in [-0.1, -0.05) is 43.7 Å². The van der Waals surface area contributed by atoms with Crippen LogP contribution in [-0.2, 0) is 16.0 Å². The highest BCUT2D eigenvalue weighted by Crippen LogP contribution is 2.15. The van der Waals surface area contributed by atoms with Crippen molar-refractivity contribution in [3.63, 3.8) is 0 Å². The average Bonchev–Trinajstić information content (AvgIpc) is 2.71. The van der Waals surface area contributed by atoms with E-state index in [9.17, 15) is 28.3 Å². The second-order valence-corrected chi connectivity index (χ2v) is 8.33. The van der Waals surface area contributed by atoms with Gasteiger partial charge in [0.05, 0.1) is 0 Å². The Balaban J connectivity index is 2.28. The number of aliphatic carboxylic acids is 1. The molecule has 6 nitrogen and oxygen atoms in total. The Bertz CT molecular complexity index is 967. The van der Waals surface area contributed by atoms with Crippen LogP contribution in [0.3, 0.4) is 0 Å². The first-order valence-corrected chi connectivity index (χ1v) is 10.3. The van der Waals surface area contributed by atoms with Crippen LogP contribution in [0.1, 0.15) is 47.3 Å². The molecule has 2 amide bonds. The first-order chi connectivity index (χ1) is 15.0. The lowest BCUT2D eigenvalue weighted by atomic mass is 10.0. The number of halogens is 2. The topological polar surface area (TPSA) is 95.5 Å². The number of carboxylic acid groups (broad SMARTS) is 1. The Hall–Kier alpha value is -3.29. The summed E-state index contributed by atoms with van der Waals surface area (Å²) in [4.78, 5) is 37.2. The number of aryl methyl sites for hydroxylation is 2. The maximum atomic E-state index is 13.8. The van der Waals surface area contributed by atoms with Gasteiger partial charge in [0.1, 0.15) is 12.1 Å². The van der Waals surface area contributed by atoms with Crippen LogP contribution in [0.2, 0.25) is 0 Å². The number of rotatable bonds is 9. The molecule has 0 spiro atoms. The lowest BCUT2D eigenvalue weighted by Crippen LogP contribution is -2.52. The fraction of sp³-hybridized carbons (Fsp3) is 0.375. The van der Waals surface area contributed by atoms with E-state index in [-0.39, 0.29) is 29.9 Å². The molecule has 0 aliphatic carbocycles. The van der Waals surface area contributed by atoms with E-state index in [0.29, 0.717) is 0 Å². The molecule has 0 saturated carbocycles. The second kappa shape index (κ2) is 10.8. The average molecular weight is 446 g/mol. The molecular formula is C24H28F2N2O4. The summed E-state index contributed by atoms with van der Waals surface area (Å²) in [5.41, 5.74) is 1.57. The zero-order valence-corrected chi connectivity index (χ0v) is 18.5. The highest BCUT2D eigenvalue weighted by molar-refractivity contribution is 5.98. The van der Waals surface area contributed by atoms with E-state index in [1.54, 1.807) is 12.1 Å². The summed E-state index contributed by atoms with van der Waals surface area (Å²) >= 11 is 0. The number of hydrogen-bond acceptors (Lipinski definition) is 3. The van der Waals surface area contributed by atoms with Crippen LogP contribution in [0, 0.1) is 31.4 Å². The number of carbonyl (C=O) groups is 3. The Kier molecular flexibility index (Phi) is 8.46. The van der Waals surface area contributed by atoms with Crippen LogP contribution in [-0.4, -0.2) is 35.0 Å². The molecule has 2 rings (SSSR count). The maximum absolute atomic E-state index is 13.8. The van der Waals surface area contributed by atoms with Gasteiger partial charge < -0.3 is 15.7 Å². The Morgan fingerprint density at radius 1 is 0.969 bits per heavy atom. The first-order valence-electron chi connectivity index (χ1n) is 10.3. The molecule has 172 valence electrons. The number of benzene rings is 2. The van der Waals surface area contributed by atoms with E-state index < -0.39 is 41.5 Å². The van der Waals surface area contributed by atoms with Crippen molar-refractivity contribution >= 4 is 17.8 Å². The smallest absolute Gasteiger partial charge is 0.326 e. The predicted octanol–water partition coefficient (Wildman–Crippen LogP) is 3.54. The second-order valence-electron chi connectivity index (χ2n) is 8.33. The molecule has 0 saturated heterocycles. The predicted molar refractivity (Wildman–Crippen MR) is 116 cm³/mol. The minimum absolute atomic E-state index is 0.0201. The summed E-state index contributed by atoms with van der Waals surface area (Å²) in [7, 11) is 0. The van der Waals surface area contributed by atoms with E-state index in [0.717, 1.165) is 17.2 Å². The van der Waals surface area contributed by atoms with Gasteiger partial charge in [0.15, 0.2) is 11.6 Å². The molecule has 0 bridgehead atoms. The fourth-order valence-electron chi connectivity index (χ4n) is 3.23. The van der Waals surface area contributed by atoms with Crippen molar-refractivity contribution in [3.05, 3.63) is 70.3 Å². The molecule has 0 radical (unpaired) electrons. The molecule has 0 aliphatic rings. The molecule has 3 N–H and O–H groups in total. The number of carbonyl (C=O) groups excluding carboxylic acids is 2. The third-order valence-corrected chi connectivity index (χ3v) is 4.98. The largest absolute Gasteiger partial charge is 0.480 e. The quantitative estimate of drug-likeness (QED) is 0.549. The van der Waals surface area contributed by atoms with Gasteiger partial charge in [-0.15, -0.1) is 0 Å². The van der Waals surface area contributed by atoms with Crippen molar-refractivity contribution in [1.82, 2.24) is 10.6 Å².